The van der Waals surface area contributed by atoms with Crippen LogP contribution < -0.4 is 5.56 Å². The third-order valence-electron chi connectivity index (χ3n) is 3.24. The van der Waals surface area contributed by atoms with Crippen molar-refractivity contribution in [3.05, 3.63) is 52.1 Å². The maximum absolute atomic E-state index is 12.1. The summed E-state index contributed by atoms with van der Waals surface area (Å²) < 4.78 is 0. The number of aromatic nitrogens is 2. The molecule has 21 heavy (non-hydrogen) atoms. The largest absolute Gasteiger partial charge is 0.335 e. The molecule has 0 radical (unpaired) electrons. The van der Waals surface area contributed by atoms with E-state index in [0.717, 1.165) is 6.42 Å². The molecule has 1 N–H and O–H groups in total. The smallest absolute Gasteiger partial charge is 0.258 e. The van der Waals surface area contributed by atoms with Crippen LogP contribution in [0.3, 0.4) is 0 Å². The zero-order valence-electron chi connectivity index (χ0n) is 12.5. The Kier molecular flexibility index (Phi) is 4.52. The van der Waals surface area contributed by atoms with Crippen LogP contribution in [0.15, 0.2) is 40.7 Å². The van der Waals surface area contributed by atoms with Crippen molar-refractivity contribution in [1.29, 1.82) is 0 Å². The van der Waals surface area contributed by atoms with Crippen molar-refractivity contribution in [2.24, 2.45) is 0 Å². The number of para-hydroxylation sites is 1. The molecule has 0 saturated carbocycles. The van der Waals surface area contributed by atoms with Gasteiger partial charge in [0.05, 0.1) is 17.4 Å². The number of carbonyl (C=O) groups excluding carboxylic acids is 1. The molecular weight excluding hydrogens is 266 g/mol. The van der Waals surface area contributed by atoms with Crippen LogP contribution in [0.1, 0.15) is 26.1 Å². The lowest BCUT2D eigenvalue weighted by atomic mass is 10.2. The Balaban J connectivity index is 2.26. The summed E-state index contributed by atoms with van der Waals surface area (Å²) >= 11 is 0. The lowest BCUT2D eigenvalue weighted by Crippen LogP contribution is -2.28. The Morgan fingerprint density at radius 3 is 2.81 bits per heavy atom. The van der Waals surface area contributed by atoms with E-state index in [0.29, 0.717) is 22.3 Å². The molecular formula is C16H19N3O2. The van der Waals surface area contributed by atoms with Crippen LogP contribution in [0.5, 0.6) is 0 Å². The van der Waals surface area contributed by atoms with Gasteiger partial charge in [0, 0.05) is 12.6 Å². The number of hydrogen-bond acceptors (Lipinski definition) is 3. The van der Waals surface area contributed by atoms with Gasteiger partial charge in [0.1, 0.15) is 5.82 Å². The Bertz CT molecular complexity index is 747. The first-order chi connectivity index (χ1) is 10.0. The van der Waals surface area contributed by atoms with Crippen molar-refractivity contribution < 1.29 is 4.79 Å². The molecule has 1 aromatic heterocycles. The van der Waals surface area contributed by atoms with E-state index >= 15 is 0 Å². The first kappa shape index (κ1) is 15.0. The molecule has 1 aromatic carbocycles. The highest BCUT2D eigenvalue weighted by molar-refractivity contribution is 5.92. The van der Waals surface area contributed by atoms with Gasteiger partial charge < -0.3 is 9.88 Å². The Morgan fingerprint density at radius 1 is 1.38 bits per heavy atom. The number of H-pyrrole nitrogens is 1. The van der Waals surface area contributed by atoms with Crippen LogP contribution in [0, 0.1) is 0 Å². The van der Waals surface area contributed by atoms with Gasteiger partial charge in [-0.15, -0.1) is 0 Å². The molecule has 2 aromatic rings. The van der Waals surface area contributed by atoms with Gasteiger partial charge in [-0.2, -0.15) is 0 Å². The van der Waals surface area contributed by atoms with E-state index in [1.54, 1.807) is 37.1 Å². The lowest BCUT2D eigenvalue weighted by molar-refractivity contribution is -0.126. The molecule has 0 bridgehead atoms. The summed E-state index contributed by atoms with van der Waals surface area (Å²) in [6.45, 7) is 4.05. The molecule has 0 aliphatic rings. The van der Waals surface area contributed by atoms with E-state index < -0.39 is 0 Å². The normalized spacial score (nSPS) is 11.7. The Hall–Kier alpha value is -2.43. The summed E-state index contributed by atoms with van der Waals surface area (Å²) in [6, 6.07) is 7.15. The van der Waals surface area contributed by atoms with Crippen LogP contribution in [0.25, 0.3) is 10.9 Å². The molecule has 2 rings (SSSR count). The SMILES string of the molecule is CCC=C(C)C(=O)N(C)Cc1nc2ccccc2c(=O)[nH]1. The topological polar surface area (TPSA) is 66.1 Å². The van der Waals surface area contributed by atoms with Crippen molar-refractivity contribution in [2.45, 2.75) is 26.8 Å². The lowest BCUT2D eigenvalue weighted by Gasteiger charge is -2.17. The molecule has 5 nitrogen and oxygen atoms in total. The summed E-state index contributed by atoms with van der Waals surface area (Å²) in [5.41, 5.74) is 1.15. The standard InChI is InChI=1S/C16H19N3O2/c1-4-7-11(2)16(21)19(3)10-14-17-13-9-6-5-8-12(13)15(20)18-14/h5-9H,4,10H2,1-3H3,(H,17,18,20). The highest BCUT2D eigenvalue weighted by Gasteiger charge is 2.12. The van der Waals surface area contributed by atoms with E-state index in [2.05, 4.69) is 9.97 Å². The van der Waals surface area contributed by atoms with Crippen molar-refractivity contribution in [3.63, 3.8) is 0 Å². The quantitative estimate of drug-likeness (QED) is 0.876. The molecule has 1 heterocycles. The van der Waals surface area contributed by atoms with Gasteiger partial charge in [-0.05, 0) is 25.5 Å². The second-order valence-corrected chi connectivity index (χ2v) is 4.99. The molecule has 0 fully saturated rings. The number of hydrogen-bond donors (Lipinski definition) is 1. The average Bonchev–Trinajstić information content (AvgIpc) is 2.46. The fraction of sp³-hybridized carbons (Fsp3) is 0.312. The molecule has 1 amide bonds. The molecule has 0 unspecified atom stereocenters. The van der Waals surface area contributed by atoms with Crippen LogP contribution in [-0.4, -0.2) is 27.8 Å². The third kappa shape index (κ3) is 3.37. The molecule has 0 aliphatic heterocycles. The minimum atomic E-state index is -0.183. The second kappa shape index (κ2) is 6.35. The number of allylic oxidation sites excluding steroid dienone is 1. The number of benzene rings is 1. The maximum atomic E-state index is 12.1. The van der Waals surface area contributed by atoms with Crippen LogP contribution in [0.2, 0.25) is 0 Å². The first-order valence-electron chi connectivity index (χ1n) is 6.93. The van der Waals surface area contributed by atoms with Crippen molar-refractivity contribution in [1.82, 2.24) is 14.9 Å². The van der Waals surface area contributed by atoms with E-state index in [1.165, 1.54) is 0 Å². The van der Waals surface area contributed by atoms with Crippen molar-refractivity contribution >= 4 is 16.8 Å². The predicted octanol–water partition coefficient (Wildman–Crippen LogP) is 2.24. The van der Waals surface area contributed by atoms with E-state index in [1.807, 2.05) is 19.1 Å². The Labute approximate surface area is 123 Å². The fourth-order valence-electron chi connectivity index (χ4n) is 2.20. The fourth-order valence-corrected chi connectivity index (χ4v) is 2.20. The number of carbonyl (C=O) groups is 1. The summed E-state index contributed by atoms with van der Waals surface area (Å²) in [7, 11) is 1.70. The molecule has 0 aliphatic carbocycles. The summed E-state index contributed by atoms with van der Waals surface area (Å²) in [4.78, 5) is 32.8. The summed E-state index contributed by atoms with van der Waals surface area (Å²) in [5, 5.41) is 0.553. The van der Waals surface area contributed by atoms with Crippen molar-refractivity contribution in [2.75, 3.05) is 7.05 Å². The van der Waals surface area contributed by atoms with Crippen molar-refractivity contribution in [3.8, 4) is 0 Å². The van der Waals surface area contributed by atoms with Gasteiger partial charge in [0.15, 0.2) is 0 Å². The van der Waals surface area contributed by atoms with Gasteiger partial charge >= 0.3 is 0 Å². The number of aromatic amines is 1. The molecule has 110 valence electrons. The average molecular weight is 285 g/mol. The van der Waals surface area contributed by atoms with E-state index in [9.17, 15) is 9.59 Å². The van der Waals surface area contributed by atoms with E-state index in [-0.39, 0.29) is 18.0 Å². The Morgan fingerprint density at radius 2 is 2.10 bits per heavy atom. The number of rotatable bonds is 4. The molecule has 5 heteroatoms. The van der Waals surface area contributed by atoms with Gasteiger partial charge in [0.25, 0.3) is 5.56 Å². The zero-order chi connectivity index (χ0) is 15.4. The molecule has 0 atom stereocenters. The number of nitrogens with one attached hydrogen (secondary N) is 1. The molecule has 0 spiro atoms. The zero-order valence-corrected chi connectivity index (χ0v) is 12.5. The number of nitrogens with zero attached hydrogens (tertiary/aromatic N) is 2. The number of amides is 1. The summed E-state index contributed by atoms with van der Waals surface area (Å²) in [6.07, 6.45) is 2.70. The highest BCUT2D eigenvalue weighted by atomic mass is 16.2. The minimum Gasteiger partial charge on any atom is -0.335 e. The predicted molar refractivity (Wildman–Crippen MR) is 82.9 cm³/mol. The summed E-state index contributed by atoms with van der Waals surface area (Å²) in [5.74, 6) is 0.423. The first-order valence-corrected chi connectivity index (χ1v) is 6.93. The maximum Gasteiger partial charge on any atom is 0.258 e. The molecule has 0 saturated heterocycles. The van der Waals surface area contributed by atoms with E-state index in [4.69, 9.17) is 0 Å². The van der Waals surface area contributed by atoms with Gasteiger partial charge in [-0.3, -0.25) is 9.59 Å². The van der Waals surface area contributed by atoms with Gasteiger partial charge in [-0.25, -0.2) is 4.98 Å². The van der Waals surface area contributed by atoms with Crippen LogP contribution >= 0.6 is 0 Å². The number of fused-ring (bicyclic) bond motifs is 1. The van der Waals surface area contributed by atoms with Gasteiger partial charge in [0.2, 0.25) is 5.91 Å². The number of likely N-dealkylation sites (N-methyl/N-ethyl adjacent to an activating group) is 1. The third-order valence-corrected chi connectivity index (χ3v) is 3.24. The minimum absolute atomic E-state index is 0.0624. The highest BCUT2D eigenvalue weighted by Crippen LogP contribution is 2.08. The van der Waals surface area contributed by atoms with Crippen LogP contribution in [0.4, 0.5) is 0 Å². The monoisotopic (exact) mass is 285 g/mol. The van der Waals surface area contributed by atoms with Crippen LogP contribution in [-0.2, 0) is 11.3 Å². The second-order valence-electron chi connectivity index (χ2n) is 4.99. The van der Waals surface area contributed by atoms with Gasteiger partial charge in [-0.1, -0.05) is 25.1 Å².